The Labute approximate surface area is 247 Å². The number of anilines is 2. The summed E-state index contributed by atoms with van der Waals surface area (Å²) in [5, 5.41) is 9.40. The van der Waals surface area contributed by atoms with E-state index in [1.165, 1.54) is 0 Å². The van der Waals surface area contributed by atoms with E-state index in [4.69, 9.17) is 9.47 Å². The van der Waals surface area contributed by atoms with Crippen LogP contribution in [0.2, 0.25) is 0 Å². The lowest BCUT2D eigenvalue weighted by Crippen LogP contribution is -2.23. The third-order valence-corrected chi connectivity index (χ3v) is 7.54. The second-order valence-corrected chi connectivity index (χ2v) is 12.1. The molecule has 0 aliphatic carbocycles. The molecule has 0 amide bonds. The van der Waals surface area contributed by atoms with Gasteiger partial charge in [0.2, 0.25) is 10.0 Å². The predicted molar refractivity (Wildman–Crippen MR) is 165 cm³/mol. The van der Waals surface area contributed by atoms with E-state index in [0.29, 0.717) is 35.8 Å². The van der Waals surface area contributed by atoms with E-state index in [1.807, 2.05) is 85.8 Å². The fraction of sp³-hybridized carbons (Fsp3) is 0.242. The van der Waals surface area contributed by atoms with E-state index in [-0.39, 0.29) is 6.10 Å². The molecule has 4 aromatic carbocycles. The fourth-order valence-electron chi connectivity index (χ4n) is 4.94. The number of nitrogens with zero attached hydrogens (tertiary/aromatic N) is 2. The van der Waals surface area contributed by atoms with Gasteiger partial charge in [-0.1, -0.05) is 36.4 Å². The van der Waals surface area contributed by atoms with Crippen molar-refractivity contribution in [1.82, 2.24) is 0 Å². The van der Waals surface area contributed by atoms with Gasteiger partial charge >= 0.3 is 0 Å². The first-order chi connectivity index (χ1) is 20.3. The monoisotopic (exact) mass is 584 g/mol. The Hall–Kier alpha value is -4.52. The summed E-state index contributed by atoms with van der Waals surface area (Å²) in [4.78, 5) is 2.17. The van der Waals surface area contributed by atoms with Gasteiger partial charge in [0.15, 0.2) is 12.7 Å². The highest BCUT2D eigenvalue weighted by Crippen LogP contribution is 2.31. The maximum atomic E-state index is 12.0. The lowest BCUT2D eigenvalue weighted by Gasteiger charge is -2.28. The van der Waals surface area contributed by atoms with Crippen LogP contribution in [0.25, 0.3) is 0 Å². The summed E-state index contributed by atoms with van der Waals surface area (Å²) in [5.41, 5.74) is 4.84. The molecule has 1 aliphatic rings. The van der Waals surface area contributed by atoms with Crippen molar-refractivity contribution in [3.63, 3.8) is 0 Å². The van der Waals surface area contributed by atoms with Gasteiger partial charge in [-0.2, -0.15) is 5.26 Å². The number of rotatable bonds is 11. The van der Waals surface area contributed by atoms with Gasteiger partial charge < -0.3 is 19.1 Å². The van der Waals surface area contributed by atoms with Crippen LogP contribution in [0.15, 0.2) is 91.0 Å². The average Bonchev–Trinajstić information content (AvgIpc) is 3.47. The fourth-order valence-corrected chi connectivity index (χ4v) is 5.56. The van der Waals surface area contributed by atoms with Crippen LogP contribution >= 0.6 is 0 Å². The number of nitriles is 1. The Kier molecular flexibility index (Phi) is 8.96. The molecule has 1 saturated heterocycles. The second kappa shape index (κ2) is 13.0. The van der Waals surface area contributed by atoms with Gasteiger partial charge in [0.1, 0.15) is 23.9 Å². The molecule has 1 aliphatic heterocycles. The van der Waals surface area contributed by atoms with E-state index in [1.54, 1.807) is 12.1 Å². The summed E-state index contributed by atoms with van der Waals surface area (Å²) < 4.78 is 43.1. The standard InChI is InChI=1S/C33H33N3O5S/c1-24-32(35-42(2,37)38)10-5-11-33(24)36(22-27-7-3-6-26(18-27)20-34)21-25-12-14-28(15-13-25)40-29-8-4-9-30(19-29)41-31-16-17-39-23-31/h3-15,18-19,31,35H,16-17,21-23H2,1-2H3/p+1. The first-order valence-corrected chi connectivity index (χ1v) is 15.6. The SMILES string of the molecule is Cc1c(NS(C)(=O)=O)cccc1N(Cc1ccc(Oc2cccc(OC3CC[OH+]C3)c2)cc1)Cc1cccc(C#N)c1. The lowest BCUT2D eigenvalue weighted by molar-refractivity contribution is -0.00795. The summed E-state index contributed by atoms with van der Waals surface area (Å²) in [5.74, 6) is 2.17. The molecule has 0 bridgehead atoms. The van der Waals surface area contributed by atoms with Crippen LogP contribution in [-0.2, 0) is 23.1 Å². The summed E-state index contributed by atoms with van der Waals surface area (Å²) in [7, 11) is -3.44. The molecule has 1 heterocycles. The van der Waals surface area contributed by atoms with E-state index in [9.17, 15) is 13.7 Å². The molecule has 4 aromatic rings. The molecule has 5 rings (SSSR count). The molecule has 9 heteroatoms. The van der Waals surface area contributed by atoms with Crippen LogP contribution in [-0.4, -0.2) is 38.7 Å². The van der Waals surface area contributed by atoms with Crippen molar-refractivity contribution in [3.05, 3.63) is 113 Å². The van der Waals surface area contributed by atoms with Gasteiger partial charge in [0.25, 0.3) is 0 Å². The number of hydrogen-bond donors (Lipinski definition) is 1. The summed E-state index contributed by atoms with van der Waals surface area (Å²) >= 11 is 0. The smallest absolute Gasteiger partial charge is 0.229 e. The Morgan fingerprint density at radius 1 is 0.929 bits per heavy atom. The highest BCUT2D eigenvalue weighted by Gasteiger charge is 2.22. The first kappa shape index (κ1) is 29.0. The minimum Gasteiger partial charge on any atom is -0.482 e. The zero-order valence-electron chi connectivity index (χ0n) is 23.7. The van der Waals surface area contributed by atoms with Gasteiger partial charge in [-0.15, -0.1) is 0 Å². The molecule has 0 radical (unpaired) electrons. The molecule has 42 heavy (non-hydrogen) atoms. The zero-order valence-corrected chi connectivity index (χ0v) is 24.5. The van der Waals surface area contributed by atoms with Crippen molar-refractivity contribution in [3.8, 4) is 23.3 Å². The van der Waals surface area contributed by atoms with Crippen molar-refractivity contribution in [2.45, 2.75) is 32.5 Å². The van der Waals surface area contributed by atoms with E-state index in [2.05, 4.69) is 20.4 Å². The Morgan fingerprint density at radius 3 is 2.40 bits per heavy atom. The number of nitrogens with one attached hydrogen (secondary N) is 1. The van der Waals surface area contributed by atoms with Crippen LogP contribution in [0.3, 0.4) is 0 Å². The van der Waals surface area contributed by atoms with Gasteiger partial charge in [-0.3, -0.25) is 4.72 Å². The zero-order chi connectivity index (χ0) is 29.5. The topological polar surface area (TPSA) is 104 Å². The first-order valence-electron chi connectivity index (χ1n) is 13.7. The second-order valence-electron chi connectivity index (χ2n) is 10.4. The normalized spacial score (nSPS) is 14.6. The third-order valence-electron chi connectivity index (χ3n) is 6.95. The molecule has 0 aromatic heterocycles. The van der Waals surface area contributed by atoms with E-state index in [0.717, 1.165) is 54.0 Å². The Balaban J connectivity index is 1.35. The number of benzene rings is 4. The number of sulfonamides is 1. The van der Waals surface area contributed by atoms with Crippen LogP contribution < -0.4 is 19.1 Å². The van der Waals surface area contributed by atoms with Gasteiger partial charge in [-0.25, -0.2) is 8.42 Å². The number of ether oxygens (including phenoxy) is 3. The van der Waals surface area contributed by atoms with Crippen molar-refractivity contribution in [1.29, 1.82) is 5.26 Å². The maximum absolute atomic E-state index is 12.0. The molecule has 1 atom stereocenters. The minimum atomic E-state index is -3.44. The molecule has 1 fully saturated rings. The maximum Gasteiger partial charge on any atom is 0.229 e. The highest BCUT2D eigenvalue weighted by molar-refractivity contribution is 7.92. The largest absolute Gasteiger partial charge is 0.482 e. The minimum absolute atomic E-state index is 0.122. The molecule has 1 unspecified atom stereocenters. The Morgan fingerprint density at radius 2 is 1.67 bits per heavy atom. The summed E-state index contributed by atoms with van der Waals surface area (Å²) in [6, 6.07) is 30.8. The quantitative estimate of drug-likeness (QED) is 0.220. The molecule has 8 nitrogen and oxygen atoms in total. The van der Waals surface area contributed by atoms with E-state index < -0.39 is 10.0 Å². The third kappa shape index (κ3) is 7.81. The molecule has 0 spiro atoms. The van der Waals surface area contributed by atoms with Crippen molar-refractivity contribution < 1.29 is 22.6 Å². The van der Waals surface area contributed by atoms with Gasteiger partial charge in [0, 0.05) is 24.8 Å². The predicted octanol–water partition coefficient (Wildman–Crippen LogP) is 5.92. The summed E-state index contributed by atoms with van der Waals surface area (Å²) in [6.07, 6.45) is 2.20. The van der Waals surface area contributed by atoms with Crippen molar-refractivity contribution >= 4 is 21.4 Å². The molecular weight excluding hydrogens is 550 g/mol. The number of aliphatic hydroxyl groups is 2. The van der Waals surface area contributed by atoms with Crippen molar-refractivity contribution in [2.75, 3.05) is 29.1 Å². The van der Waals surface area contributed by atoms with Crippen LogP contribution in [0, 0.1) is 18.3 Å². The van der Waals surface area contributed by atoms with Crippen LogP contribution in [0.1, 0.15) is 28.7 Å². The van der Waals surface area contributed by atoms with Crippen molar-refractivity contribution in [2.24, 2.45) is 0 Å². The molecule has 0 saturated carbocycles. The molecular formula is C33H34N3O5S+. The van der Waals surface area contributed by atoms with Gasteiger partial charge in [-0.05, 0) is 72.1 Å². The highest BCUT2D eigenvalue weighted by atomic mass is 32.2. The number of hydrogen-bond acceptors (Lipinski definition) is 6. The molecule has 216 valence electrons. The van der Waals surface area contributed by atoms with Crippen LogP contribution in [0.5, 0.6) is 17.2 Å². The molecule has 2 N–H and O–H groups in total. The average molecular weight is 585 g/mol. The lowest BCUT2D eigenvalue weighted by atomic mass is 10.1. The van der Waals surface area contributed by atoms with E-state index >= 15 is 0 Å². The van der Waals surface area contributed by atoms with Crippen LogP contribution in [0.4, 0.5) is 11.4 Å². The van der Waals surface area contributed by atoms with Gasteiger partial charge in [0.05, 0.1) is 30.0 Å². The Bertz CT molecular complexity index is 1680. The summed E-state index contributed by atoms with van der Waals surface area (Å²) in [6.45, 7) is 4.55.